The van der Waals surface area contributed by atoms with Crippen molar-refractivity contribution in [1.29, 1.82) is 0 Å². The summed E-state index contributed by atoms with van der Waals surface area (Å²) < 4.78 is 6.04. The van der Waals surface area contributed by atoms with E-state index >= 15 is 0 Å². The molecule has 4 nitrogen and oxygen atoms in total. The Morgan fingerprint density at radius 3 is 2.94 bits per heavy atom. The van der Waals surface area contributed by atoms with Crippen LogP contribution in [0.25, 0.3) is 0 Å². The molecule has 0 radical (unpaired) electrons. The van der Waals surface area contributed by atoms with Crippen molar-refractivity contribution in [2.24, 2.45) is 0 Å². The van der Waals surface area contributed by atoms with Gasteiger partial charge in [-0.15, -0.1) is 0 Å². The predicted octanol–water partition coefficient (Wildman–Crippen LogP) is 3.05. The molecule has 0 saturated carbocycles. The Morgan fingerprint density at radius 2 is 2.22 bits per heavy atom. The SMILES string of the molecule is COc1cccc(CNc2ncc(Br)cc2N)c1. The average molecular weight is 308 g/mol. The minimum Gasteiger partial charge on any atom is -0.497 e. The summed E-state index contributed by atoms with van der Waals surface area (Å²) in [6.07, 6.45) is 1.71. The van der Waals surface area contributed by atoms with E-state index in [2.05, 4.69) is 26.2 Å². The highest BCUT2D eigenvalue weighted by molar-refractivity contribution is 9.10. The van der Waals surface area contributed by atoms with E-state index in [9.17, 15) is 0 Å². The van der Waals surface area contributed by atoms with Crippen LogP contribution < -0.4 is 15.8 Å². The molecule has 0 saturated heterocycles. The number of nitrogens with one attached hydrogen (secondary N) is 1. The fraction of sp³-hybridized carbons (Fsp3) is 0.154. The van der Waals surface area contributed by atoms with Gasteiger partial charge in [0.25, 0.3) is 0 Å². The van der Waals surface area contributed by atoms with E-state index in [0.29, 0.717) is 18.1 Å². The fourth-order valence-electron chi connectivity index (χ4n) is 1.57. The lowest BCUT2D eigenvalue weighted by Gasteiger charge is -2.09. The van der Waals surface area contributed by atoms with Gasteiger partial charge in [-0.2, -0.15) is 0 Å². The Bertz CT molecular complexity index is 546. The lowest BCUT2D eigenvalue weighted by atomic mass is 10.2. The summed E-state index contributed by atoms with van der Waals surface area (Å²) in [5.41, 5.74) is 7.59. The van der Waals surface area contributed by atoms with Crippen LogP contribution in [0.2, 0.25) is 0 Å². The summed E-state index contributed by atoms with van der Waals surface area (Å²) in [5.74, 6) is 1.52. The number of hydrogen-bond acceptors (Lipinski definition) is 4. The molecule has 94 valence electrons. The van der Waals surface area contributed by atoms with Gasteiger partial charge < -0.3 is 15.8 Å². The number of pyridine rings is 1. The second-order valence-electron chi connectivity index (χ2n) is 3.80. The zero-order valence-corrected chi connectivity index (χ0v) is 11.6. The highest BCUT2D eigenvalue weighted by atomic mass is 79.9. The third-order valence-electron chi connectivity index (χ3n) is 2.48. The molecule has 1 aromatic carbocycles. The average Bonchev–Trinajstić information content (AvgIpc) is 2.38. The fourth-order valence-corrected chi connectivity index (χ4v) is 1.92. The molecule has 0 unspecified atom stereocenters. The van der Waals surface area contributed by atoms with E-state index in [0.717, 1.165) is 15.8 Å². The highest BCUT2D eigenvalue weighted by Crippen LogP contribution is 2.21. The van der Waals surface area contributed by atoms with E-state index in [1.807, 2.05) is 30.3 Å². The van der Waals surface area contributed by atoms with Crippen molar-refractivity contribution in [3.05, 3.63) is 46.6 Å². The largest absolute Gasteiger partial charge is 0.497 e. The van der Waals surface area contributed by atoms with Crippen LogP contribution in [0.1, 0.15) is 5.56 Å². The number of nitrogen functional groups attached to an aromatic ring is 1. The van der Waals surface area contributed by atoms with E-state index in [1.165, 1.54) is 0 Å². The molecule has 0 spiro atoms. The van der Waals surface area contributed by atoms with Gasteiger partial charge in [0.15, 0.2) is 0 Å². The van der Waals surface area contributed by atoms with Crippen molar-refractivity contribution in [3.63, 3.8) is 0 Å². The van der Waals surface area contributed by atoms with Crippen LogP contribution >= 0.6 is 15.9 Å². The minimum absolute atomic E-state index is 0.618. The van der Waals surface area contributed by atoms with Crippen LogP contribution in [0.3, 0.4) is 0 Å². The van der Waals surface area contributed by atoms with Crippen molar-refractivity contribution < 1.29 is 4.74 Å². The van der Waals surface area contributed by atoms with Gasteiger partial charge in [-0.1, -0.05) is 12.1 Å². The van der Waals surface area contributed by atoms with Gasteiger partial charge in [0.05, 0.1) is 12.8 Å². The monoisotopic (exact) mass is 307 g/mol. The lowest BCUT2D eigenvalue weighted by Crippen LogP contribution is -2.04. The van der Waals surface area contributed by atoms with Crippen molar-refractivity contribution in [2.75, 3.05) is 18.2 Å². The molecule has 0 aliphatic heterocycles. The van der Waals surface area contributed by atoms with Crippen LogP contribution in [0.4, 0.5) is 11.5 Å². The molecule has 0 bridgehead atoms. The van der Waals surface area contributed by atoms with Gasteiger partial charge in [0.2, 0.25) is 0 Å². The zero-order valence-electron chi connectivity index (χ0n) is 9.98. The number of nitrogens with zero attached hydrogens (tertiary/aromatic N) is 1. The van der Waals surface area contributed by atoms with Crippen LogP contribution in [0, 0.1) is 0 Å². The first-order chi connectivity index (χ1) is 8.69. The van der Waals surface area contributed by atoms with Crippen molar-refractivity contribution in [1.82, 2.24) is 4.98 Å². The number of methoxy groups -OCH3 is 1. The number of anilines is 2. The van der Waals surface area contributed by atoms with Gasteiger partial charge in [-0.05, 0) is 39.7 Å². The Balaban J connectivity index is 2.06. The molecule has 18 heavy (non-hydrogen) atoms. The normalized spacial score (nSPS) is 10.1. The number of nitrogens with two attached hydrogens (primary N) is 1. The van der Waals surface area contributed by atoms with E-state index in [-0.39, 0.29) is 0 Å². The van der Waals surface area contributed by atoms with Crippen molar-refractivity contribution in [2.45, 2.75) is 6.54 Å². The predicted molar refractivity (Wildman–Crippen MR) is 76.7 cm³/mol. The van der Waals surface area contributed by atoms with Crippen LogP contribution in [0.15, 0.2) is 41.0 Å². The first kappa shape index (κ1) is 12.7. The van der Waals surface area contributed by atoms with Crippen LogP contribution in [0.5, 0.6) is 5.75 Å². The topological polar surface area (TPSA) is 60.2 Å². The van der Waals surface area contributed by atoms with E-state index in [4.69, 9.17) is 10.5 Å². The molecule has 0 fully saturated rings. The maximum Gasteiger partial charge on any atom is 0.149 e. The quantitative estimate of drug-likeness (QED) is 0.911. The Kier molecular flexibility index (Phi) is 4.04. The maximum absolute atomic E-state index is 5.86. The van der Waals surface area contributed by atoms with E-state index in [1.54, 1.807) is 13.3 Å². The molecule has 5 heteroatoms. The van der Waals surface area contributed by atoms with Crippen molar-refractivity contribution in [3.8, 4) is 5.75 Å². The van der Waals surface area contributed by atoms with Gasteiger partial charge in [0.1, 0.15) is 11.6 Å². The molecule has 3 N–H and O–H groups in total. The molecule has 1 aromatic heterocycles. The number of aromatic nitrogens is 1. The molecular formula is C13H14BrN3O. The maximum atomic E-state index is 5.86. The second kappa shape index (κ2) is 5.73. The van der Waals surface area contributed by atoms with Crippen LogP contribution in [-0.2, 0) is 6.54 Å². The summed E-state index contributed by atoms with van der Waals surface area (Å²) in [4.78, 5) is 4.22. The molecular weight excluding hydrogens is 294 g/mol. The summed E-state index contributed by atoms with van der Waals surface area (Å²) in [5, 5.41) is 3.20. The van der Waals surface area contributed by atoms with Gasteiger partial charge in [-0.25, -0.2) is 4.98 Å². The lowest BCUT2D eigenvalue weighted by molar-refractivity contribution is 0.414. The second-order valence-corrected chi connectivity index (χ2v) is 4.71. The molecule has 0 aliphatic carbocycles. The number of benzene rings is 1. The van der Waals surface area contributed by atoms with Gasteiger partial charge in [0, 0.05) is 17.2 Å². The molecule has 1 heterocycles. The Hall–Kier alpha value is -1.75. The third kappa shape index (κ3) is 3.13. The smallest absolute Gasteiger partial charge is 0.149 e. The third-order valence-corrected chi connectivity index (χ3v) is 2.91. The number of ether oxygens (including phenoxy) is 1. The van der Waals surface area contributed by atoms with E-state index < -0.39 is 0 Å². The number of halogens is 1. The molecule has 0 atom stereocenters. The summed E-state index contributed by atoms with van der Waals surface area (Å²) in [6, 6.07) is 9.68. The Morgan fingerprint density at radius 1 is 1.39 bits per heavy atom. The summed E-state index contributed by atoms with van der Waals surface area (Å²) in [6.45, 7) is 0.649. The number of rotatable bonds is 4. The summed E-state index contributed by atoms with van der Waals surface area (Å²) >= 11 is 3.32. The first-order valence-corrected chi connectivity index (χ1v) is 6.26. The molecule has 2 rings (SSSR count). The molecule has 0 amide bonds. The van der Waals surface area contributed by atoms with Crippen molar-refractivity contribution >= 4 is 27.4 Å². The van der Waals surface area contributed by atoms with Gasteiger partial charge >= 0.3 is 0 Å². The minimum atomic E-state index is 0.618. The van der Waals surface area contributed by atoms with Crippen LogP contribution in [-0.4, -0.2) is 12.1 Å². The standard InChI is InChI=1S/C13H14BrN3O/c1-18-11-4-2-3-9(5-11)7-16-13-12(15)6-10(14)8-17-13/h2-6,8H,7,15H2,1H3,(H,16,17). The van der Waals surface area contributed by atoms with Gasteiger partial charge in [-0.3, -0.25) is 0 Å². The Labute approximate surface area is 114 Å². The first-order valence-electron chi connectivity index (χ1n) is 5.47. The summed E-state index contributed by atoms with van der Waals surface area (Å²) in [7, 11) is 1.65. The molecule has 2 aromatic rings. The zero-order chi connectivity index (χ0) is 13.0. The highest BCUT2D eigenvalue weighted by Gasteiger charge is 2.02. The molecule has 0 aliphatic rings. The number of hydrogen-bond donors (Lipinski definition) is 2.